The number of hydrogen-bond acceptors (Lipinski definition) is 4. The highest BCUT2D eigenvalue weighted by molar-refractivity contribution is 6.21. The number of aliphatic carboxylic acids is 1. The molecule has 1 unspecified atom stereocenters. The van der Waals surface area contributed by atoms with Gasteiger partial charge in [0, 0.05) is 0 Å². The van der Waals surface area contributed by atoms with Crippen molar-refractivity contribution in [2.45, 2.75) is 25.5 Å². The Kier molecular flexibility index (Phi) is 4.61. The van der Waals surface area contributed by atoms with Crippen LogP contribution in [0.1, 0.15) is 46.2 Å². The molecule has 1 heterocycles. The Morgan fingerprint density at radius 1 is 1.00 bits per heavy atom. The van der Waals surface area contributed by atoms with E-state index in [0.717, 1.165) is 4.90 Å². The number of benzene rings is 2. The van der Waals surface area contributed by atoms with Crippen molar-refractivity contribution >= 4 is 17.8 Å². The zero-order valence-corrected chi connectivity index (χ0v) is 14.5. The van der Waals surface area contributed by atoms with Crippen LogP contribution < -0.4 is 0 Å². The highest BCUT2D eigenvalue weighted by Crippen LogP contribution is 2.30. The van der Waals surface area contributed by atoms with Crippen LogP contribution in [0.15, 0.2) is 54.6 Å². The fourth-order valence-corrected chi connectivity index (χ4v) is 3.03. The van der Waals surface area contributed by atoms with E-state index in [1.165, 1.54) is 0 Å². The van der Waals surface area contributed by atoms with E-state index in [-0.39, 0.29) is 6.61 Å². The lowest BCUT2D eigenvalue weighted by Crippen LogP contribution is -2.51. The highest BCUT2D eigenvalue weighted by atomic mass is 16.5. The first kappa shape index (κ1) is 17.8. The first-order valence-electron chi connectivity index (χ1n) is 8.20. The highest BCUT2D eigenvalue weighted by Gasteiger charge is 2.44. The van der Waals surface area contributed by atoms with Crippen LogP contribution >= 0.6 is 0 Å². The van der Waals surface area contributed by atoms with Crippen molar-refractivity contribution in [2.24, 2.45) is 0 Å². The first-order chi connectivity index (χ1) is 12.3. The van der Waals surface area contributed by atoms with E-state index in [9.17, 15) is 19.5 Å². The first-order valence-corrected chi connectivity index (χ1v) is 8.20. The predicted molar refractivity (Wildman–Crippen MR) is 93.8 cm³/mol. The fourth-order valence-electron chi connectivity index (χ4n) is 3.03. The summed E-state index contributed by atoms with van der Waals surface area (Å²) >= 11 is 0. The molecule has 1 N–H and O–H groups in total. The van der Waals surface area contributed by atoms with E-state index < -0.39 is 29.4 Å². The predicted octanol–water partition coefficient (Wildman–Crippen LogP) is 2.90. The normalized spacial score (nSPS) is 15.1. The molecule has 0 bridgehead atoms. The second kappa shape index (κ2) is 6.72. The van der Waals surface area contributed by atoms with Gasteiger partial charge < -0.3 is 9.84 Å². The quantitative estimate of drug-likeness (QED) is 0.807. The van der Waals surface area contributed by atoms with Gasteiger partial charge in [0.1, 0.15) is 0 Å². The second-order valence-corrected chi connectivity index (χ2v) is 6.74. The van der Waals surface area contributed by atoms with Crippen LogP contribution in [0.25, 0.3) is 0 Å². The third kappa shape index (κ3) is 3.11. The largest absolute Gasteiger partial charge is 0.479 e. The topological polar surface area (TPSA) is 83.9 Å². The summed E-state index contributed by atoms with van der Waals surface area (Å²) in [7, 11) is 0. The number of carbonyl (C=O) groups is 3. The molecular formula is C20H19NO5. The van der Waals surface area contributed by atoms with E-state index in [2.05, 4.69) is 0 Å². The molecule has 134 valence electrons. The summed E-state index contributed by atoms with van der Waals surface area (Å²) in [6, 6.07) is 15.2. The van der Waals surface area contributed by atoms with E-state index in [0.29, 0.717) is 16.7 Å². The van der Waals surface area contributed by atoms with Crippen LogP contribution in [0.5, 0.6) is 0 Å². The summed E-state index contributed by atoms with van der Waals surface area (Å²) in [5, 5.41) is 9.46. The van der Waals surface area contributed by atoms with E-state index in [1.54, 1.807) is 68.4 Å². The number of nitrogens with zero attached hydrogens (tertiary/aromatic N) is 1. The smallest absolute Gasteiger partial charge is 0.337 e. The Labute approximate surface area is 151 Å². The number of amides is 2. The summed E-state index contributed by atoms with van der Waals surface area (Å²) < 4.78 is 5.62. The van der Waals surface area contributed by atoms with Crippen molar-refractivity contribution in [1.82, 2.24) is 4.90 Å². The van der Waals surface area contributed by atoms with Gasteiger partial charge in [0.25, 0.3) is 11.8 Å². The molecule has 26 heavy (non-hydrogen) atoms. The summed E-state index contributed by atoms with van der Waals surface area (Å²) in [5.41, 5.74) is 0.195. The molecule has 0 aromatic heterocycles. The monoisotopic (exact) mass is 353 g/mol. The maximum absolute atomic E-state index is 12.6. The van der Waals surface area contributed by atoms with Gasteiger partial charge >= 0.3 is 5.97 Å². The maximum atomic E-state index is 12.6. The Hall–Kier alpha value is -2.99. The number of ether oxygens (including phenoxy) is 1. The summed E-state index contributed by atoms with van der Waals surface area (Å²) in [6.07, 6.45) is -1.18. The van der Waals surface area contributed by atoms with Crippen LogP contribution in [-0.4, -0.2) is 39.9 Å². The van der Waals surface area contributed by atoms with E-state index >= 15 is 0 Å². The van der Waals surface area contributed by atoms with Crippen molar-refractivity contribution in [3.63, 3.8) is 0 Å². The number of carboxylic acid groups (broad SMARTS) is 1. The molecule has 1 aliphatic heterocycles. The molecule has 6 heteroatoms. The average Bonchev–Trinajstić information content (AvgIpc) is 2.87. The average molecular weight is 353 g/mol. The Balaban J connectivity index is 1.80. The number of fused-ring (bicyclic) bond motifs is 1. The molecule has 0 saturated heterocycles. The Morgan fingerprint density at radius 3 is 2.00 bits per heavy atom. The van der Waals surface area contributed by atoms with Gasteiger partial charge in [0.15, 0.2) is 6.10 Å². The minimum absolute atomic E-state index is 0.107. The van der Waals surface area contributed by atoms with Gasteiger partial charge in [-0.05, 0) is 31.5 Å². The number of carbonyl (C=O) groups excluding carboxylic acids is 2. The van der Waals surface area contributed by atoms with Crippen molar-refractivity contribution in [1.29, 1.82) is 0 Å². The molecule has 1 atom stereocenters. The molecule has 2 aromatic rings. The zero-order valence-electron chi connectivity index (χ0n) is 14.5. The van der Waals surface area contributed by atoms with E-state index in [4.69, 9.17) is 4.74 Å². The van der Waals surface area contributed by atoms with Crippen molar-refractivity contribution in [2.75, 3.05) is 6.61 Å². The zero-order chi connectivity index (χ0) is 18.9. The molecule has 6 nitrogen and oxygen atoms in total. The van der Waals surface area contributed by atoms with Crippen LogP contribution in [0, 0.1) is 0 Å². The minimum Gasteiger partial charge on any atom is -0.479 e. The molecular weight excluding hydrogens is 334 g/mol. The van der Waals surface area contributed by atoms with Gasteiger partial charge in [-0.3, -0.25) is 14.5 Å². The molecule has 0 aliphatic carbocycles. The molecule has 0 spiro atoms. The number of carboxylic acids is 1. The lowest BCUT2D eigenvalue weighted by Gasteiger charge is -2.34. The van der Waals surface area contributed by atoms with Gasteiger partial charge in [-0.25, -0.2) is 4.79 Å². The molecule has 2 amide bonds. The second-order valence-electron chi connectivity index (χ2n) is 6.74. The lowest BCUT2D eigenvalue weighted by atomic mass is 10.0. The molecule has 1 aliphatic rings. The fraction of sp³-hybridized carbons (Fsp3) is 0.250. The molecule has 0 radical (unpaired) electrons. The summed E-state index contributed by atoms with van der Waals surface area (Å²) in [4.78, 5) is 38.0. The third-order valence-electron chi connectivity index (χ3n) is 4.33. The number of rotatable bonds is 6. The van der Waals surface area contributed by atoms with Crippen LogP contribution in [0.4, 0.5) is 0 Å². The van der Waals surface area contributed by atoms with Gasteiger partial charge in [-0.15, -0.1) is 0 Å². The van der Waals surface area contributed by atoms with Crippen LogP contribution in [0.3, 0.4) is 0 Å². The molecule has 2 aromatic carbocycles. The molecule has 0 saturated carbocycles. The molecule has 0 fully saturated rings. The van der Waals surface area contributed by atoms with Crippen molar-refractivity contribution < 1.29 is 24.2 Å². The number of imide groups is 1. The maximum Gasteiger partial charge on any atom is 0.337 e. The standard InChI is InChI=1S/C20H19NO5/c1-20(2,12-26-16(19(24)25)13-8-4-3-5-9-13)21-17(22)14-10-6-7-11-15(14)18(21)23/h3-11,16H,12H2,1-2H3,(H,24,25). The molecule has 3 rings (SSSR count). The van der Waals surface area contributed by atoms with Gasteiger partial charge in [0.05, 0.1) is 23.3 Å². The summed E-state index contributed by atoms with van der Waals surface area (Å²) in [6.45, 7) is 3.25. The van der Waals surface area contributed by atoms with Crippen molar-refractivity contribution in [3.05, 3.63) is 71.3 Å². The minimum atomic E-state index is -1.18. The Bertz CT molecular complexity index is 825. The SMILES string of the molecule is CC(C)(COC(C(=O)O)c1ccccc1)N1C(=O)c2ccccc2C1=O. The Morgan fingerprint density at radius 2 is 1.50 bits per heavy atom. The lowest BCUT2D eigenvalue weighted by molar-refractivity contribution is -0.152. The summed E-state index contributed by atoms with van der Waals surface area (Å²) in [5.74, 6) is -1.93. The number of hydrogen-bond donors (Lipinski definition) is 1. The van der Waals surface area contributed by atoms with Gasteiger partial charge in [0.2, 0.25) is 0 Å². The van der Waals surface area contributed by atoms with Gasteiger partial charge in [-0.1, -0.05) is 42.5 Å². The van der Waals surface area contributed by atoms with Gasteiger partial charge in [-0.2, -0.15) is 0 Å². The van der Waals surface area contributed by atoms with Crippen LogP contribution in [0.2, 0.25) is 0 Å². The van der Waals surface area contributed by atoms with Crippen LogP contribution in [-0.2, 0) is 9.53 Å². The third-order valence-corrected chi connectivity index (χ3v) is 4.33. The van der Waals surface area contributed by atoms with Crippen molar-refractivity contribution in [3.8, 4) is 0 Å². The van der Waals surface area contributed by atoms with E-state index in [1.807, 2.05) is 0 Å².